The van der Waals surface area contributed by atoms with Gasteiger partial charge in [-0.1, -0.05) is 0 Å². The highest BCUT2D eigenvalue weighted by molar-refractivity contribution is 5.95. The summed E-state index contributed by atoms with van der Waals surface area (Å²) in [5.74, 6) is 0.229. The normalized spacial score (nSPS) is 23.0. The van der Waals surface area contributed by atoms with Gasteiger partial charge in [0.1, 0.15) is 0 Å². The number of hydrogen-bond donors (Lipinski definition) is 3. The lowest BCUT2D eigenvalue weighted by Crippen LogP contribution is -2.29. The molecule has 1 amide bonds. The Hall–Kier alpha value is -1.62. The average Bonchev–Trinajstić information content (AvgIpc) is 2.75. The fourth-order valence-electron chi connectivity index (χ4n) is 2.35. The van der Waals surface area contributed by atoms with Crippen molar-refractivity contribution in [2.45, 2.75) is 32.3 Å². The van der Waals surface area contributed by atoms with E-state index < -0.39 is 0 Å². The highest BCUT2D eigenvalue weighted by Gasteiger charge is 2.23. The summed E-state index contributed by atoms with van der Waals surface area (Å²) in [5, 5.41) is 12.3. The largest absolute Gasteiger partial charge is 0.397 e. The second-order valence-corrected chi connectivity index (χ2v) is 4.94. The Morgan fingerprint density at radius 3 is 3.06 bits per heavy atom. The molecule has 0 saturated heterocycles. The predicted molar refractivity (Wildman–Crippen MR) is 69.1 cm³/mol. The van der Waals surface area contributed by atoms with Crippen LogP contribution in [0.5, 0.6) is 0 Å². The number of anilines is 1. The molecule has 1 aliphatic rings. The van der Waals surface area contributed by atoms with Crippen LogP contribution in [0.25, 0.3) is 0 Å². The van der Waals surface area contributed by atoms with E-state index in [1.807, 2.05) is 0 Å². The van der Waals surface area contributed by atoms with Crippen LogP contribution in [0, 0.1) is 12.8 Å². The minimum absolute atomic E-state index is 0.145. The number of amides is 1. The van der Waals surface area contributed by atoms with Crippen molar-refractivity contribution in [2.24, 2.45) is 5.92 Å². The van der Waals surface area contributed by atoms with E-state index in [2.05, 4.69) is 10.3 Å². The highest BCUT2D eigenvalue weighted by atomic mass is 16.3. The molecule has 98 valence electrons. The summed E-state index contributed by atoms with van der Waals surface area (Å²) < 4.78 is 0. The van der Waals surface area contributed by atoms with Crippen LogP contribution in [0.3, 0.4) is 0 Å². The molecule has 5 nitrogen and oxygen atoms in total. The molecule has 2 rings (SSSR count). The van der Waals surface area contributed by atoms with Gasteiger partial charge in [0.2, 0.25) is 0 Å². The van der Waals surface area contributed by atoms with Gasteiger partial charge in [-0.05, 0) is 38.2 Å². The first kappa shape index (κ1) is 12.8. The molecule has 18 heavy (non-hydrogen) atoms. The summed E-state index contributed by atoms with van der Waals surface area (Å²) in [6.45, 7) is 2.39. The number of aromatic nitrogens is 1. The molecule has 2 atom stereocenters. The minimum Gasteiger partial charge on any atom is -0.397 e. The zero-order valence-electron chi connectivity index (χ0n) is 10.5. The fraction of sp³-hybridized carbons (Fsp3) is 0.538. The van der Waals surface area contributed by atoms with Gasteiger partial charge in [0.05, 0.1) is 29.2 Å². The first-order valence-corrected chi connectivity index (χ1v) is 6.24. The molecular formula is C13H19N3O2. The molecule has 2 unspecified atom stereocenters. The third-order valence-electron chi connectivity index (χ3n) is 3.42. The fourth-order valence-corrected chi connectivity index (χ4v) is 2.35. The van der Waals surface area contributed by atoms with Crippen molar-refractivity contribution in [3.8, 4) is 0 Å². The summed E-state index contributed by atoms with van der Waals surface area (Å²) >= 11 is 0. The lowest BCUT2D eigenvalue weighted by molar-refractivity contribution is 0.0944. The van der Waals surface area contributed by atoms with E-state index >= 15 is 0 Å². The summed E-state index contributed by atoms with van der Waals surface area (Å²) in [5.41, 5.74) is 7.31. The second kappa shape index (κ2) is 5.35. The number of pyridine rings is 1. The van der Waals surface area contributed by atoms with Gasteiger partial charge in [-0.15, -0.1) is 0 Å². The van der Waals surface area contributed by atoms with E-state index in [4.69, 9.17) is 5.73 Å². The van der Waals surface area contributed by atoms with Crippen molar-refractivity contribution >= 4 is 11.6 Å². The van der Waals surface area contributed by atoms with Gasteiger partial charge in [0, 0.05) is 6.54 Å². The zero-order chi connectivity index (χ0) is 13.1. The Morgan fingerprint density at radius 1 is 1.61 bits per heavy atom. The number of aliphatic hydroxyl groups excluding tert-OH is 1. The molecule has 0 aromatic carbocycles. The lowest BCUT2D eigenvalue weighted by atomic mass is 10.1. The summed E-state index contributed by atoms with van der Waals surface area (Å²) in [4.78, 5) is 16.1. The summed E-state index contributed by atoms with van der Waals surface area (Å²) in [6, 6.07) is 1.64. The van der Waals surface area contributed by atoms with Crippen LogP contribution in [0.2, 0.25) is 0 Å². The van der Waals surface area contributed by atoms with Crippen LogP contribution in [-0.2, 0) is 0 Å². The van der Waals surface area contributed by atoms with Gasteiger partial charge in [0.15, 0.2) is 0 Å². The molecule has 1 saturated carbocycles. The number of nitrogens with one attached hydrogen (secondary N) is 1. The van der Waals surface area contributed by atoms with Gasteiger partial charge in [-0.2, -0.15) is 0 Å². The van der Waals surface area contributed by atoms with Gasteiger partial charge in [-0.3, -0.25) is 9.78 Å². The summed E-state index contributed by atoms with van der Waals surface area (Å²) in [7, 11) is 0. The Kier molecular flexibility index (Phi) is 3.81. The average molecular weight is 249 g/mol. The molecule has 1 aromatic rings. The maximum absolute atomic E-state index is 12.0. The van der Waals surface area contributed by atoms with Gasteiger partial charge in [-0.25, -0.2) is 0 Å². The third kappa shape index (κ3) is 2.98. The van der Waals surface area contributed by atoms with Crippen molar-refractivity contribution in [1.82, 2.24) is 10.3 Å². The number of aryl methyl sites for hydroxylation is 1. The quantitative estimate of drug-likeness (QED) is 0.741. The maximum Gasteiger partial charge on any atom is 0.253 e. The van der Waals surface area contributed by atoms with Crippen LogP contribution in [0.4, 0.5) is 5.69 Å². The Bertz CT molecular complexity index is 448. The number of nitrogen functional groups attached to an aromatic ring is 1. The van der Waals surface area contributed by atoms with Crippen LogP contribution < -0.4 is 11.1 Å². The van der Waals surface area contributed by atoms with E-state index in [9.17, 15) is 9.90 Å². The van der Waals surface area contributed by atoms with Crippen molar-refractivity contribution in [3.05, 3.63) is 23.5 Å². The van der Waals surface area contributed by atoms with Crippen molar-refractivity contribution in [1.29, 1.82) is 0 Å². The monoisotopic (exact) mass is 249 g/mol. The molecule has 0 radical (unpaired) electrons. The van der Waals surface area contributed by atoms with E-state index in [1.54, 1.807) is 19.2 Å². The molecule has 0 spiro atoms. The number of hydrogen-bond acceptors (Lipinski definition) is 4. The molecular weight excluding hydrogens is 230 g/mol. The lowest BCUT2D eigenvalue weighted by Gasteiger charge is -2.12. The standard InChI is InChI=1S/C13H19N3O2/c1-8-12(5-10(14)7-15-8)13(18)16-6-9-2-3-11(17)4-9/h5,7,9,11,17H,2-4,6,14H2,1H3,(H,16,18). The van der Waals surface area contributed by atoms with Gasteiger partial charge >= 0.3 is 0 Å². The van der Waals surface area contributed by atoms with Gasteiger partial charge in [0.25, 0.3) is 5.91 Å². The number of carbonyl (C=O) groups is 1. The smallest absolute Gasteiger partial charge is 0.253 e. The summed E-state index contributed by atoms with van der Waals surface area (Å²) in [6.07, 6.45) is 3.91. The van der Waals surface area contributed by atoms with E-state index in [0.717, 1.165) is 19.3 Å². The number of nitrogens with zero attached hydrogens (tertiary/aromatic N) is 1. The third-order valence-corrected chi connectivity index (χ3v) is 3.42. The topological polar surface area (TPSA) is 88.2 Å². The molecule has 5 heteroatoms. The molecule has 1 heterocycles. The molecule has 1 aliphatic carbocycles. The number of carbonyl (C=O) groups excluding carboxylic acids is 1. The van der Waals surface area contributed by atoms with Crippen LogP contribution in [0.1, 0.15) is 35.3 Å². The van der Waals surface area contributed by atoms with Gasteiger partial charge < -0.3 is 16.2 Å². The first-order valence-electron chi connectivity index (χ1n) is 6.24. The first-order chi connectivity index (χ1) is 8.56. The van der Waals surface area contributed by atoms with E-state index in [0.29, 0.717) is 29.4 Å². The Labute approximate surface area is 106 Å². The van der Waals surface area contributed by atoms with E-state index in [1.165, 1.54) is 0 Å². The van der Waals surface area contributed by atoms with Crippen LogP contribution in [0.15, 0.2) is 12.3 Å². The second-order valence-electron chi connectivity index (χ2n) is 4.94. The molecule has 1 fully saturated rings. The molecule has 1 aromatic heterocycles. The predicted octanol–water partition coefficient (Wildman–Crippen LogP) is 0.863. The number of nitrogens with two attached hydrogens (primary N) is 1. The van der Waals surface area contributed by atoms with Crippen molar-refractivity contribution in [2.75, 3.05) is 12.3 Å². The Balaban J connectivity index is 1.93. The zero-order valence-corrected chi connectivity index (χ0v) is 10.5. The van der Waals surface area contributed by atoms with E-state index in [-0.39, 0.29) is 12.0 Å². The molecule has 4 N–H and O–H groups in total. The number of rotatable bonds is 3. The highest BCUT2D eigenvalue weighted by Crippen LogP contribution is 2.24. The number of aliphatic hydroxyl groups is 1. The molecule has 0 aliphatic heterocycles. The molecule has 0 bridgehead atoms. The maximum atomic E-state index is 12.0. The van der Waals surface area contributed by atoms with Crippen LogP contribution in [-0.4, -0.2) is 28.6 Å². The Morgan fingerprint density at radius 2 is 2.39 bits per heavy atom. The van der Waals surface area contributed by atoms with Crippen molar-refractivity contribution < 1.29 is 9.90 Å². The van der Waals surface area contributed by atoms with Crippen molar-refractivity contribution in [3.63, 3.8) is 0 Å². The minimum atomic E-state index is -0.206. The SMILES string of the molecule is Cc1ncc(N)cc1C(=O)NCC1CCC(O)C1. The van der Waals surface area contributed by atoms with Crippen LogP contribution >= 0.6 is 0 Å².